The topological polar surface area (TPSA) is 137 Å². The zero-order valence-electron chi connectivity index (χ0n) is 22.4. The van der Waals surface area contributed by atoms with Crippen LogP contribution in [0.4, 0.5) is 0 Å². The molecule has 222 valence electrons. The van der Waals surface area contributed by atoms with Gasteiger partial charge in [0.2, 0.25) is 0 Å². The number of hydrogen-bond acceptors (Lipinski definition) is 12. The van der Waals surface area contributed by atoms with Crippen molar-refractivity contribution in [1.29, 1.82) is 0 Å². The Morgan fingerprint density at radius 2 is 0.738 bits per heavy atom. The first kappa shape index (κ1) is 31.2. The summed E-state index contributed by atoms with van der Waals surface area (Å²) in [6.07, 6.45) is -1.01. The van der Waals surface area contributed by atoms with Crippen LogP contribution in [0.15, 0.2) is 121 Å². The van der Waals surface area contributed by atoms with Gasteiger partial charge in [0.05, 0.1) is 0 Å². The van der Waals surface area contributed by atoms with Gasteiger partial charge in [0.15, 0.2) is 23.0 Å². The van der Waals surface area contributed by atoms with E-state index < -0.39 is 27.8 Å². The van der Waals surface area contributed by atoms with Crippen molar-refractivity contribution in [3.05, 3.63) is 121 Å². The van der Waals surface area contributed by atoms with Crippen LogP contribution in [0, 0.1) is 0 Å². The minimum atomic E-state index is -4.26. The van der Waals surface area contributed by atoms with Crippen molar-refractivity contribution in [2.75, 3.05) is 25.7 Å². The summed E-state index contributed by atoms with van der Waals surface area (Å²) >= 11 is 0. The first-order valence-corrected chi connectivity index (χ1v) is 16.2. The van der Waals surface area contributed by atoms with Gasteiger partial charge in [0.25, 0.3) is 0 Å². The van der Waals surface area contributed by atoms with Crippen LogP contribution in [-0.2, 0) is 27.8 Å². The van der Waals surface area contributed by atoms with Crippen LogP contribution in [0.3, 0.4) is 0 Å². The average Bonchev–Trinajstić information content (AvgIpc) is 3.03. The predicted molar refractivity (Wildman–Crippen MR) is 153 cm³/mol. The van der Waals surface area contributed by atoms with Gasteiger partial charge in [0.1, 0.15) is 12.6 Å². The Labute approximate surface area is 243 Å². The fourth-order valence-electron chi connectivity index (χ4n) is 3.28. The monoisotopic (exact) mass is 616 g/mol. The molecule has 0 bridgehead atoms. The summed E-state index contributed by atoms with van der Waals surface area (Å²) in [5, 5.41) is 0. The second-order valence-electron chi connectivity index (χ2n) is 8.57. The maximum atomic E-state index is 13.9. The molecule has 0 spiro atoms. The minimum Gasteiger partial charge on any atom is -0.329 e. The molecule has 4 aromatic carbocycles. The molecule has 0 heterocycles. The molecule has 0 fully saturated rings. The van der Waals surface area contributed by atoms with Crippen molar-refractivity contribution in [3.63, 3.8) is 0 Å². The Balaban J connectivity index is 1.52. The minimum absolute atomic E-state index is 0.0563. The molecule has 12 nitrogen and oxygen atoms in total. The van der Waals surface area contributed by atoms with Crippen molar-refractivity contribution in [2.24, 2.45) is 5.73 Å². The number of benzene rings is 4. The molecule has 4 rings (SSSR count). The van der Waals surface area contributed by atoms with Crippen molar-refractivity contribution < 1.29 is 47.4 Å². The van der Waals surface area contributed by atoms with Gasteiger partial charge in [-0.2, -0.15) is 0 Å². The molecule has 0 saturated heterocycles. The van der Waals surface area contributed by atoms with Crippen molar-refractivity contribution in [1.82, 2.24) is 4.90 Å². The highest BCUT2D eigenvalue weighted by Gasteiger charge is 2.39. The number of rotatable bonds is 18. The molecule has 4 aromatic rings. The second kappa shape index (κ2) is 16.1. The van der Waals surface area contributed by atoms with Crippen LogP contribution in [0.25, 0.3) is 0 Å². The summed E-state index contributed by atoms with van der Waals surface area (Å²) in [4.78, 5) is 22.5. The third kappa shape index (κ3) is 10.6. The number of nitrogens with two attached hydrogens (primary N) is 1. The molecule has 0 atom stereocenters. The Kier molecular flexibility index (Phi) is 12.0. The lowest BCUT2D eigenvalue weighted by Crippen LogP contribution is -2.33. The summed E-state index contributed by atoms with van der Waals surface area (Å²) < 4.78 is 48.9. The van der Waals surface area contributed by atoms with Gasteiger partial charge in [-0.25, -0.2) is 0 Å². The fourth-order valence-corrected chi connectivity index (χ4v) is 5.94. The Hall–Kier alpha value is -3.70. The third-order valence-corrected chi connectivity index (χ3v) is 7.85. The van der Waals surface area contributed by atoms with E-state index >= 15 is 0 Å². The first-order chi connectivity index (χ1) is 20.5. The lowest BCUT2D eigenvalue weighted by Gasteiger charge is -2.27. The molecule has 0 unspecified atom stereocenters. The van der Waals surface area contributed by atoms with Crippen LogP contribution < -0.4 is 25.3 Å². The van der Waals surface area contributed by atoms with Crippen molar-refractivity contribution in [3.8, 4) is 23.0 Å². The van der Waals surface area contributed by atoms with E-state index in [-0.39, 0.29) is 36.1 Å². The summed E-state index contributed by atoms with van der Waals surface area (Å²) in [6, 6.07) is 33.5. The van der Waals surface area contributed by atoms with Crippen LogP contribution in [0.2, 0.25) is 0 Å². The Morgan fingerprint density at radius 3 is 0.976 bits per heavy atom. The van der Waals surface area contributed by atoms with Crippen molar-refractivity contribution >= 4 is 15.2 Å². The smallest absolute Gasteiger partial charge is 0.329 e. The van der Waals surface area contributed by atoms with E-state index in [2.05, 4.69) is 0 Å². The maximum absolute atomic E-state index is 13.9. The molecule has 42 heavy (non-hydrogen) atoms. The lowest BCUT2D eigenvalue weighted by molar-refractivity contribution is -0.176. The molecular formula is C28H30N2O10P2. The summed E-state index contributed by atoms with van der Waals surface area (Å²) in [7, 11) is -8.53. The van der Waals surface area contributed by atoms with E-state index in [1.54, 1.807) is 121 Å². The standard InChI is InChI=1S/C28H30N2O10P2/c29-21-22-30(23-41(31,37-33-25-13-5-1-6-14-25)38-34-26-15-7-2-8-16-26)24-42(32,39-35-27-17-9-3-10-18-27)40-36-28-19-11-4-12-20-28/h1-20H,21-24,29H2. The molecule has 0 radical (unpaired) electrons. The van der Waals surface area contributed by atoms with Gasteiger partial charge in [-0.05, 0) is 48.5 Å². The normalized spacial score (nSPS) is 11.7. The number of hydrogen-bond donors (Lipinski definition) is 1. The van der Waals surface area contributed by atoms with Gasteiger partial charge in [0, 0.05) is 13.1 Å². The lowest BCUT2D eigenvalue weighted by atomic mass is 10.3. The highest BCUT2D eigenvalue weighted by Crippen LogP contribution is 2.53. The molecule has 0 aliphatic rings. The van der Waals surface area contributed by atoms with E-state index in [0.29, 0.717) is 0 Å². The highest BCUT2D eigenvalue weighted by molar-refractivity contribution is 7.54. The van der Waals surface area contributed by atoms with Crippen LogP contribution in [-0.4, -0.2) is 30.6 Å². The van der Waals surface area contributed by atoms with Gasteiger partial charge < -0.3 is 25.3 Å². The molecule has 0 aromatic heterocycles. The van der Waals surface area contributed by atoms with Crippen LogP contribution >= 0.6 is 15.2 Å². The molecule has 0 aliphatic heterocycles. The maximum Gasteiger partial charge on any atom is 0.418 e. The SMILES string of the molecule is NCCN(CP(=O)(OOc1ccccc1)OOc1ccccc1)CP(=O)(OOc1ccccc1)OOc1ccccc1. The average molecular weight is 617 g/mol. The summed E-state index contributed by atoms with van der Waals surface area (Å²) in [6.45, 7) is 0.124. The summed E-state index contributed by atoms with van der Waals surface area (Å²) in [5.74, 6) is 1.04. The predicted octanol–water partition coefficient (Wildman–Crippen LogP) is 6.59. The van der Waals surface area contributed by atoms with E-state index in [0.717, 1.165) is 0 Å². The molecule has 2 N–H and O–H groups in total. The van der Waals surface area contributed by atoms with Crippen LogP contribution in [0.1, 0.15) is 0 Å². The molecule has 0 amide bonds. The van der Waals surface area contributed by atoms with Gasteiger partial charge in [-0.15, -0.1) is 0 Å². The van der Waals surface area contributed by atoms with E-state index in [1.165, 1.54) is 4.90 Å². The molecule has 0 saturated carbocycles. The summed E-state index contributed by atoms with van der Waals surface area (Å²) in [5.41, 5.74) is 5.82. The molecular weight excluding hydrogens is 586 g/mol. The zero-order valence-corrected chi connectivity index (χ0v) is 24.2. The van der Waals surface area contributed by atoms with E-state index in [9.17, 15) is 9.13 Å². The number of para-hydroxylation sites is 4. The Morgan fingerprint density at radius 1 is 0.476 bits per heavy atom. The molecule has 0 aliphatic carbocycles. The fraction of sp³-hybridized carbons (Fsp3) is 0.143. The highest BCUT2D eigenvalue weighted by atomic mass is 31.2. The van der Waals surface area contributed by atoms with E-state index in [4.69, 9.17) is 44.0 Å². The van der Waals surface area contributed by atoms with Crippen molar-refractivity contribution in [2.45, 2.75) is 0 Å². The largest absolute Gasteiger partial charge is 0.418 e. The second-order valence-corrected chi connectivity index (χ2v) is 12.2. The number of nitrogens with zero attached hydrogens (tertiary/aromatic N) is 1. The first-order valence-electron chi connectivity index (χ1n) is 12.7. The Bertz CT molecular complexity index is 1220. The van der Waals surface area contributed by atoms with Gasteiger partial charge in [-0.3, -0.25) is 14.0 Å². The third-order valence-electron chi connectivity index (χ3n) is 5.15. The van der Waals surface area contributed by atoms with E-state index in [1.807, 2.05) is 0 Å². The van der Waals surface area contributed by atoms with Crippen LogP contribution in [0.5, 0.6) is 23.0 Å². The zero-order chi connectivity index (χ0) is 29.5. The molecule has 14 heteroatoms. The van der Waals surface area contributed by atoms with Gasteiger partial charge >= 0.3 is 15.2 Å². The quantitative estimate of drug-likeness (QED) is 0.0733. The van der Waals surface area contributed by atoms with Gasteiger partial charge in [-0.1, -0.05) is 91.5 Å².